The van der Waals surface area contributed by atoms with E-state index in [1.807, 2.05) is 0 Å². The van der Waals surface area contributed by atoms with Gasteiger partial charge in [-0.2, -0.15) is 0 Å². The van der Waals surface area contributed by atoms with Crippen molar-refractivity contribution in [3.05, 3.63) is 71.3 Å². The molecule has 0 aromatic heterocycles. The van der Waals surface area contributed by atoms with Crippen LogP contribution >= 0.6 is 0 Å². The maximum atomic E-state index is 13.1. The van der Waals surface area contributed by atoms with E-state index in [-0.39, 0.29) is 12.8 Å². The molecule has 0 aliphatic rings. The number of nitrogens with one attached hydrogen (secondary N) is 1. The van der Waals surface area contributed by atoms with E-state index in [0.717, 1.165) is 0 Å². The van der Waals surface area contributed by atoms with Gasteiger partial charge in [0.15, 0.2) is 0 Å². The average Bonchev–Trinajstić information content (AvgIpc) is 2.49. The Morgan fingerprint density at radius 3 is 2.30 bits per heavy atom. The SMILES string of the molecule is O=C(Cc1ccc(F)cc1)N[C@H](Cc1cccc(F)c1)C(=O)O. The lowest BCUT2D eigenvalue weighted by Gasteiger charge is -2.15. The zero-order valence-corrected chi connectivity index (χ0v) is 12.1. The van der Waals surface area contributed by atoms with Gasteiger partial charge in [-0.1, -0.05) is 24.3 Å². The van der Waals surface area contributed by atoms with Crippen molar-refractivity contribution in [1.82, 2.24) is 5.32 Å². The number of carbonyl (C=O) groups excluding carboxylic acids is 1. The fourth-order valence-electron chi connectivity index (χ4n) is 2.13. The van der Waals surface area contributed by atoms with Crippen molar-refractivity contribution >= 4 is 11.9 Å². The van der Waals surface area contributed by atoms with Gasteiger partial charge < -0.3 is 10.4 Å². The highest BCUT2D eigenvalue weighted by Crippen LogP contribution is 2.08. The van der Waals surface area contributed by atoms with Crippen molar-refractivity contribution < 1.29 is 23.5 Å². The summed E-state index contributed by atoms with van der Waals surface area (Å²) in [6, 6.07) is 9.75. The first-order valence-corrected chi connectivity index (χ1v) is 6.95. The molecule has 0 saturated carbocycles. The van der Waals surface area contributed by atoms with Gasteiger partial charge in [-0.25, -0.2) is 13.6 Å². The van der Waals surface area contributed by atoms with Crippen LogP contribution in [0.2, 0.25) is 0 Å². The van der Waals surface area contributed by atoms with Crippen LogP contribution in [-0.4, -0.2) is 23.0 Å². The quantitative estimate of drug-likeness (QED) is 0.859. The molecule has 4 nitrogen and oxygen atoms in total. The van der Waals surface area contributed by atoms with Crippen LogP contribution in [0.1, 0.15) is 11.1 Å². The minimum atomic E-state index is -1.21. The van der Waals surface area contributed by atoms with Gasteiger partial charge in [-0.3, -0.25) is 4.79 Å². The lowest BCUT2D eigenvalue weighted by Crippen LogP contribution is -2.43. The topological polar surface area (TPSA) is 66.4 Å². The molecular weight excluding hydrogens is 304 g/mol. The van der Waals surface area contributed by atoms with Crippen molar-refractivity contribution in [2.45, 2.75) is 18.9 Å². The minimum absolute atomic E-state index is 0.0255. The van der Waals surface area contributed by atoms with Gasteiger partial charge in [-0.15, -0.1) is 0 Å². The summed E-state index contributed by atoms with van der Waals surface area (Å²) in [5.41, 5.74) is 1.04. The normalized spacial score (nSPS) is 11.7. The zero-order chi connectivity index (χ0) is 16.8. The Bertz CT molecular complexity index is 701. The highest BCUT2D eigenvalue weighted by Gasteiger charge is 2.20. The van der Waals surface area contributed by atoms with Gasteiger partial charge >= 0.3 is 5.97 Å². The molecule has 0 spiro atoms. The molecule has 0 aliphatic heterocycles. The van der Waals surface area contributed by atoms with Gasteiger partial charge in [0.1, 0.15) is 17.7 Å². The molecule has 0 fully saturated rings. The number of hydrogen-bond donors (Lipinski definition) is 2. The van der Waals surface area contributed by atoms with E-state index in [1.165, 1.54) is 42.5 Å². The van der Waals surface area contributed by atoms with Crippen LogP contribution in [0.25, 0.3) is 0 Å². The second kappa shape index (κ2) is 7.49. The van der Waals surface area contributed by atoms with Gasteiger partial charge in [0.05, 0.1) is 6.42 Å². The first-order chi connectivity index (χ1) is 10.9. The molecule has 6 heteroatoms. The number of hydrogen-bond acceptors (Lipinski definition) is 2. The molecule has 1 amide bonds. The molecule has 2 rings (SSSR count). The van der Waals surface area contributed by atoms with E-state index in [1.54, 1.807) is 6.07 Å². The van der Waals surface area contributed by atoms with E-state index in [2.05, 4.69) is 5.32 Å². The minimum Gasteiger partial charge on any atom is -0.480 e. The Labute approximate surface area is 131 Å². The molecule has 0 saturated heterocycles. The number of halogens is 2. The van der Waals surface area contributed by atoms with Crippen LogP contribution in [0, 0.1) is 11.6 Å². The number of carboxylic acids is 1. The third-order valence-electron chi connectivity index (χ3n) is 3.24. The molecule has 2 aromatic rings. The summed E-state index contributed by atoms with van der Waals surface area (Å²) in [4.78, 5) is 23.2. The summed E-state index contributed by atoms with van der Waals surface area (Å²) >= 11 is 0. The second-order valence-corrected chi connectivity index (χ2v) is 5.10. The molecule has 2 N–H and O–H groups in total. The van der Waals surface area contributed by atoms with Gasteiger partial charge in [0.2, 0.25) is 5.91 Å². The molecule has 120 valence electrons. The number of carbonyl (C=O) groups is 2. The molecule has 0 aliphatic carbocycles. The molecule has 0 heterocycles. The van der Waals surface area contributed by atoms with Crippen LogP contribution < -0.4 is 5.32 Å². The zero-order valence-electron chi connectivity index (χ0n) is 12.1. The summed E-state index contributed by atoms with van der Waals surface area (Å²) < 4.78 is 25.9. The number of amides is 1. The van der Waals surface area contributed by atoms with Crippen molar-refractivity contribution in [3.63, 3.8) is 0 Å². The fourth-order valence-corrected chi connectivity index (χ4v) is 2.13. The highest BCUT2D eigenvalue weighted by atomic mass is 19.1. The summed E-state index contributed by atoms with van der Waals surface area (Å²) in [7, 11) is 0. The standard InChI is InChI=1S/C17H15F2NO3/c18-13-6-4-11(5-7-13)10-16(21)20-15(17(22)23)9-12-2-1-3-14(19)8-12/h1-8,15H,9-10H2,(H,20,21)(H,22,23)/t15-/m1/s1. The van der Waals surface area contributed by atoms with E-state index in [0.29, 0.717) is 11.1 Å². The molecular formula is C17H15F2NO3. The van der Waals surface area contributed by atoms with Gasteiger partial charge in [-0.05, 0) is 35.4 Å². The van der Waals surface area contributed by atoms with Gasteiger partial charge in [0, 0.05) is 6.42 Å². The maximum absolute atomic E-state index is 13.1. The van der Waals surface area contributed by atoms with Crippen LogP contribution in [0.15, 0.2) is 48.5 Å². The first-order valence-electron chi connectivity index (χ1n) is 6.95. The van der Waals surface area contributed by atoms with Crippen LogP contribution in [0.5, 0.6) is 0 Å². The first kappa shape index (κ1) is 16.6. The Kier molecular flexibility index (Phi) is 5.41. The van der Waals surface area contributed by atoms with E-state index < -0.39 is 29.6 Å². The molecule has 1 atom stereocenters. The lowest BCUT2D eigenvalue weighted by atomic mass is 10.1. The Morgan fingerprint density at radius 2 is 1.70 bits per heavy atom. The fraction of sp³-hybridized carbons (Fsp3) is 0.176. The average molecular weight is 319 g/mol. The summed E-state index contributed by atoms with van der Waals surface area (Å²) in [6.07, 6.45) is -0.0878. The number of rotatable bonds is 6. The molecule has 2 aromatic carbocycles. The molecule has 23 heavy (non-hydrogen) atoms. The van der Waals surface area contributed by atoms with Crippen molar-refractivity contribution in [2.24, 2.45) is 0 Å². The largest absolute Gasteiger partial charge is 0.480 e. The molecule has 0 unspecified atom stereocenters. The van der Waals surface area contributed by atoms with E-state index in [9.17, 15) is 23.5 Å². The highest BCUT2D eigenvalue weighted by molar-refractivity contribution is 5.85. The number of aliphatic carboxylic acids is 1. The Hall–Kier alpha value is -2.76. The van der Waals surface area contributed by atoms with Crippen LogP contribution in [-0.2, 0) is 22.4 Å². The number of benzene rings is 2. The predicted octanol–water partition coefficient (Wildman–Crippen LogP) is 2.32. The van der Waals surface area contributed by atoms with Crippen molar-refractivity contribution in [2.75, 3.05) is 0 Å². The molecule has 0 bridgehead atoms. The van der Waals surface area contributed by atoms with Crippen molar-refractivity contribution in [3.8, 4) is 0 Å². The smallest absolute Gasteiger partial charge is 0.326 e. The maximum Gasteiger partial charge on any atom is 0.326 e. The molecule has 0 radical (unpaired) electrons. The third kappa shape index (κ3) is 5.18. The monoisotopic (exact) mass is 319 g/mol. The Morgan fingerprint density at radius 1 is 1.00 bits per heavy atom. The number of carboxylic acid groups (broad SMARTS) is 1. The van der Waals surface area contributed by atoms with E-state index >= 15 is 0 Å². The summed E-state index contributed by atoms with van der Waals surface area (Å²) in [5.74, 6) is -2.59. The van der Waals surface area contributed by atoms with Crippen LogP contribution in [0.4, 0.5) is 8.78 Å². The van der Waals surface area contributed by atoms with Gasteiger partial charge in [0.25, 0.3) is 0 Å². The van der Waals surface area contributed by atoms with E-state index in [4.69, 9.17) is 0 Å². The predicted molar refractivity (Wildman–Crippen MR) is 79.8 cm³/mol. The van der Waals surface area contributed by atoms with Crippen molar-refractivity contribution in [1.29, 1.82) is 0 Å². The lowest BCUT2D eigenvalue weighted by molar-refractivity contribution is -0.141. The second-order valence-electron chi connectivity index (χ2n) is 5.10. The third-order valence-corrected chi connectivity index (χ3v) is 3.24. The summed E-state index contributed by atoms with van der Waals surface area (Å²) in [6.45, 7) is 0. The Balaban J connectivity index is 1.99. The summed E-state index contributed by atoms with van der Waals surface area (Å²) in [5, 5.41) is 11.6. The van der Waals surface area contributed by atoms with Crippen LogP contribution in [0.3, 0.4) is 0 Å².